The molecule has 1 unspecified atom stereocenters. The Kier molecular flexibility index (Phi) is 4.37. The molecule has 114 valence electrons. The average molecular weight is 288 g/mol. The normalized spacial score (nSPS) is 13.6. The number of para-hydroxylation sites is 1. The van der Waals surface area contributed by atoms with E-state index in [4.69, 9.17) is 0 Å². The van der Waals surface area contributed by atoms with Gasteiger partial charge in [0.15, 0.2) is 0 Å². The van der Waals surface area contributed by atoms with E-state index in [-0.39, 0.29) is 17.2 Å². The van der Waals surface area contributed by atoms with Gasteiger partial charge in [-0.2, -0.15) is 0 Å². The van der Waals surface area contributed by atoms with E-state index in [2.05, 4.69) is 10.3 Å². The predicted octanol–water partition coefficient (Wildman–Crippen LogP) is 2.94. The van der Waals surface area contributed by atoms with Crippen LogP contribution in [0.2, 0.25) is 0 Å². The minimum absolute atomic E-state index is 0.118. The molecule has 0 aliphatic rings. The summed E-state index contributed by atoms with van der Waals surface area (Å²) in [4.78, 5) is 15.5. The first-order valence-corrected chi connectivity index (χ1v) is 7.35. The fourth-order valence-electron chi connectivity index (χ4n) is 2.68. The van der Waals surface area contributed by atoms with Gasteiger partial charge in [0.05, 0.1) is 17.2 Å². The van der Waals surface area contributed by atoms with Gasteiger partial charge in [0.2, 0.25) is 0 Å². The third-order valence-electron chi connectivity index (χ3n) is 3.97. The molecule has 0 saturated heterocycles. The molecule has 3 N–H and O–H groups in total. The molecule has 1 amide bonds. The number of H-pyrrole nitrogens is 1. The van der Waals surface area contributed by atoms with Gasteiger partial charge < -0.3 is 15.4 Å². The van der Waals surface area contributed by atoms with Crippen LogP contribution in [0.1, 0.15) is 38.1 Å². The zero-order chi connectivity index (χ0) is 15.6. The fraction of sp³-hybridized carbons (Fsp3) is 0.471. The lowest BCUT2D eigenvalue weighted by Crippen LogP contribution is -2.43. The van der Waals surface area contributed by atoms with E-state index in [0.717, 1.165) is 10.9 Å². The maximum absolute atomic E-state index is 12.4. The lowest BCUT2D eigenvalue weighted by atomic mass is 9.80. The monoisotopic (exact) mass is 288 g/mol. The van der Waals surface area contributed by atoms with Gasteiger partial charge >= 0.3 is 0 Å². The van der Waals surface area contributed by atoms with Gasteiger partial charge in [0, 0.05) is 23.5 Å². The van der Waals surface area contributed by atoms with Crippen molar-refractivity contribution in [3.63, 3.8) is 0 Å². The number of nitrogens with one attached hydrogen (secondary N) is 2. The highest BCUT2D eigenvalue weighted by molar-refractivity contribution is 6.05. The molecule has 1 heterocycles. The van der Waals surface area contributed by atoms with Gasteiger partial charge in [0.1, 0.15) is 0 Å². The summed E-state index contributed by atoms with van der Waals surface area (Å²) in [5.74, 6) is 0.0378. The van der Waals surface area contributed by atoms with Crippen molar-refractivity contribution in [2.45, 2.75) is 33.8 Å². The van der Waals surface area contributed by atoms with Crippen LogP contribution in [0.4, 0.5) is 0 Å². The molecule has 4 nitrogen and oxygen atoms in total. The number of fused-ring (bicyclic) bond motifs is 1. The van der Waals surface area contributed by atoms with Gasteiger partial charge in [-0.25, -0.2) is 0 Å². The molecule has 0 spiro atoms. The summed E-state index contributed by atoms with van der Waals surface area (Å²) < 4.78 is 0. The van der Waals surface area contributed by atoms with Crippen LogP contribution < -0.4 is 5.32 Å². The molecule has 0 radical (unpaired) electrons. The summed E-state index contributed by atoms with van der Waals surface area (Å²) in [5.41, 5.74) is 1.11. The van der Waals surface area contributed by atoms with Gasteiger partial charge in [-0.3, -0.25) is 4.79 Å². The summed E-state index contributed by atoms with van der Waals surface area (Å²) >= 11 is 0. The average Bonchev–Trinajstić information content (AvgIpc) is 2.92. The second kappa shape index (κ2) is 5.90. The van der Waals surface area contributed by atoms with Gasteiger partial charge in [-0.15, -0.1) is 0 Å². The summed E-state index contributed by atoms with van der Waals surface area (Å²) in [6.45, 7) is 8.32. The minimum Gasteiger partial charge on any atom is -0.392 e. The van der Waals surface area contributed by atoms with Crippen molar-refractivity contribution in [1.29, 1.82) is 0 Å². The second-order valence-corrected chi connectivity index (χ2v) is 6.61. The number of aromatic amines is 1. The number of rotatable bonds is 5. The third kappa shape index (κ3) is 3.27. The quantitative estimate of drug-likeness (QED) is 0.792. The third-order valence-corrected chi connectivity index (χ3v) is 3.97. The van der Waals surface area contributed by atoms with E-state index >= 15 is 0 Å². The number of benzene rings is 1. The Morgan fingerprint density at radius 3 is 2.71 bits per heavy atom. The Morgan fingerprint density at radius 1 is 1.33 bits per heavy atom. The minimum atomic E-state index is -0.459. The second-order valence-electron chi connectivity index (χ2n) is 6.61. The Morgan fingerprint density at radius 2 is 2.05 bits per heavy atom. The number of hydrogen-bond acceptors (Lipinski definition) is 2. The Labute approximate surface area is 125 Å². The number of aliphatic hydroxyl groups is 1. The molecule has 0 saturated carbocycles. The maximum atomic E-state index is 12.4. The molecule has 2 rings (SSSR count). The topological polar surface area (TPSA) is 65.1 Å². The Balaban J connectivity index is 2.10. The first-order valence-electron chi connectivity index (χ1n) is 7.35. The van der Waals surface area contributed by atoms with Crippen molar-refractivity contribution in [2.75, 3.05) is 6.54 Å². The summed E-state index contributed by atoms with van der Waals surface area (Å²) in [6, 6.07) is 7.59. The number of aliphatic hydroxyl groups excluding tert-OH is 1. The van der Waals surface area contributed by atoms with Crippen LogP contribution in [0.3, 0.4) is 0 Å². The largest absolute Gasteiger partial charge is 0.392 e. The number of carbonyl (C=O) groups excluding carboxylic acids is 1. The number of hydrogen-bond donors (Lipinski definition) is 3. The van der Waals surface area contributed by atoms with Crippen molar-refractivity contribution in [3.8, 4) is 0 Å². The van der Waals surface area contributed by atoms with E-state index in [1.54, 1.807) is 6.07 Å². The summed E-state index contributed by atoms with van der Waals surface area (Å²) in [5, 5.41) is 14.2. The molecule has 1 aromatic heterocycles. The van der Waals surface area contributed by atoms with E-state index < -0.39 is 6.10 Å². The van der Waals surface area contributed by atoms with Crippen LogP contribution in [-0.2, 0) is 0 Å². The van der Waals surface area contributed by atoms with Crippen LogP contribution in [0.5, 0.6) is 0 Å². The highest BCUT2D eigenvalue weighted by atomic mass is 16.3. The van der Waals surface area contributed by atoms with Crippen molar-refractivity contribution >= 4 is 16.8 Å². The van der Waals surface area contributed by atoms with Crippen molar-refractivity contribution in [3.05, 3.63) is 36.0 Å². The highest BCUT2D eigenvalue weighted by Gasteiger charge is 2.30. The zero-order valence-corrected chi connectivity index (χ0v) is 13.1. The Bertz CT molecular complexity index is 629. The van der Waals surface area contributed by atoms with E-state index in [1.807, 2.05) is 52.1 Å². The standard InChI is InChI=1S/C17H24N2O2/c1-11(2)15(20)17(3,4)10-19-16(21)13-7-5-6-12-8-9-18-14(12)13/h5-9,11,15,18,20H,10H2,1-4H3,(H,19,21). The van der Waals surface area contributed by atoms with Crippen molar-refractivity contribution in [2.24, 2.45) is 11.3 Å². The molecule has 0 fully saturated rings. The molecular weight excluding hydrogens is 264 g/mol. The van der Waals surface area contributed by atoms with Crippen LogP contribution in [0.15, 0.2) is 30.5 Å². The summed E-state index contributed by atoms with van der Waals surface area (Å²) in [7, 11) is 0. The predicted molar refractivity (Wildman–Crippen MR) is 85.3 cm³/mol. The molecule has 0 bridgehead atoms. The van der Waals surface area contributed by atoms with Gasteiger partial charge in [-0.1, -0.05) is 39.8 Å². The molecule has 0 aliphatic carbocycles. The van der Waals surface area contributed by atoms with Gasteiger partial charge in [0.25, 0.3) is 5.91 Å². The van der Waals surface area contributed by atoms with Crippen LogP contribution in [0.25, 0.3) is 10.9 Å². The first kappa shape index (κ1) is 15.6. The molecule has 1 aromatic carbocycles. The summed E-state index contributed by atoms with van der Waals surface area (Å²) in [6.07, 6.45) is 1.37. The van der Waals surface area contributed by atoms with Crippen molar-refractivity contribution < 1.29 is 9.90 Å². The van der Waals surface area contributed by atoms with E-state index in [9.17, 15) is 9.90 Å². The van der Waals surface area contributed by atoms with E-state index in [1.165, 1.54) is 0 Å². The lowest BCUT2D eigenvalue weighted by molar-refractivity contribution is 0.0138. The highest BCUT2D eigenvalue weighted by Crippen LogP contribution is 2.25. The number of aromatic nitrogens is 1. The van der Waals surface area contributed by atoms with Gasteiger partial charge in [-0.05, 0) is 18.1 Å². The molecule has 0 aliphatic heterocycles. The van der Waals surface area contributed by atoms with Crippen LogP contribution in [0, 0.1) is 11.3 Å². The van der Waals surface area contributed by atoms with Crippen LogP contribution in [-0.4, -0.2) is 28.6 Å². The maximum Gasteiger partial charge on any atom is 0.253 e. The number of carbonyl (C=O) groups is 1. The number of amides is 1. The zero-order valence-electron chi connectivity index (χ0n) is 13.1. The van der Waals surface area contributed by atoms with Crippen LogP contribution >= 0.6 is 0 Å². The lowest BCUT2D eigenvalue weighted by Gasteiger charge is -2.33. The van der Waals surface area contributed by atoms with Crippen molar-refractivity contribution in [1.82, 2.24) is 10.3 Å². The molecule has 1 atom stereocenters. The molecular formula is C17H24N2O2. The first-order chi connectivity index (χ1) is 9.83. The molecule has 21 heavy (non-hydrogen) atoms. The fourth-order valence-corrected chi connectivity index (χ4v) is 2.68. The molecule has 4 heteroatoms. The molecule has 2 aromatic rings. The smallest absolute Gasteiger partial charge is 0.253 e. The Hall–Kier alpha value is -1.81. The SMILES string of the molecule is CC(C)C(O)C(C)(C)CNC(=O)c1cccc2cc[nH]c12. The van der Waals surface area contributed by atoms with E-state index in [0.29, 0.717) is 12.1 Å².